The van der Waals surface area contributed by atoms with Gasteiger partial charge in [0.15, 0.2) is 0 Å². The van der Waals surface area contributed by atoms with E-state index >= 15 is 0 Å². The van der Waals surface area contributed by atoms with Crippen LogP contribution in [0.4, 0.5) is 0 Å². The normalized spacial score (nSPS) is 11.2. The van der Waals surface area contributed by atoms with E-state index in [0.717, 1.165) is 45.1 Å². The van der Waals surface area contributed by atoms with Gasteiger partial charge in [-0.3, -0.25) is 19.2 Å². The van der Waals surface area contributed by atoms with E-state index in [1.165, 1.54) is 63.5 Å². The van der Waals surface area contributed by atoms with Crippen LogP contribution in [-0.2, 0) is 33.4 Å². The number of unbranched alkanes of at least 4 members (excludes halogenated alkanes) is 12. The molecule has 0 aromatic heterocycles. The number of carbonyl (C=O) groups is 4. The predicted octanol–water partition coefficient (Wildman–Crippen LogP) is 6.21. The number of amides is 2. The van der Waals surface area contributed by atoms with Crippen LogP contribution < -0.4 is 5.32 Å². The molecule has 0 aromatic carbocycles. The van der Waals surface area contributed by atoms with Gasteiger partial charge in [-0.15, -0.1) is 0 Å². The minimum atomic E-state index is -0.372. The quantitative estimate of drug-likeness (QED) is 0.0518. The maximum Gasteiger partial charge on any atom is 0.305 e. The van der Waals surface area contributed by atoms with Gasteiger partial charge in [0.05, 0.1) is 26.4 Å². The second kappa shape index (κ2) is 32.5. The minimum Gasteiger partial charge on any atom is -0.466 e. The Kier molecular flexibility index (Phi) is 30.7. The molecule has 10 heteroatoms. The smallest absolute Gasteiger partial charge is 0.305 e. The number of hydrogen-bond donors (Lipinski definition) is 1. The van der Waals surface area contributed by atoms with Gasteiger partial charge in [0.2, 0.25) is 11.8 Å². The van der Waals surface area contributed by atoms with Gasteiger partial charge in [-0.1, -0.05) is 90.9 Å². The molecular weight excluding hydrogens is 586 g/mol. The lowest BCUT2D eigenvalue weighted by atomic mass is 10.1. The van der Waals surface area contributed by atoms with E-state index in [9.17, 15) is 19.2 Å². The summed E-state index contributed by atoms with van der Waals surface area (Å²) in [6, 6.07) is 0. The van der Waals surface area contributed by atoms with Crippen LogP contribution in [0.15, 0.2) is 12.2 Å². The van der Waals surface area contributed by atoms with Crippen LogP contribution in [0, 0.1) is 0 Å². The molecule has 0 saturated carbocycles. The SMILES string of the molecule is CCCCCCCCCC(=O)OCCCN(CCCOC(=O)CCCCCCCCC)C(=O)C=CC(=O)NCCOCCN(C)C. The monoisotopic (exact) mass is 653 g/mol. The molecule has 0 aliphatic heterocycles. The molecule has 2 amide bonds. The molecule has 0 saturated heterocycles. The van der Waals surface area contributed by atoms with Crippen molar-refractivity contribution in [3.8, 4) is 0 Å². The van der Waals surface area contributed by atoms with Gasteiger partial charge in [0.1, 0.15) is 0 Å². The van der Waals surface area contributed by atoms with Gasteiger partial charge in [-0.05, 0) is 39.8 Å². The summed E-state index contributed by atoms with van der Waals surface area (Å²) in [4.78, 5) is 53.0. The number of nitrogens with zero attached hydrogens (tertiary/aromatic N) is 2. The van der Waals surface area contributed by atoms with Crippen LogP contribution in [0.3, 0.4) is 0 Å². The number of likely N-dealkylation sites (N-methyl/N-ethyl adjacent to an activating group) is 1. The Balaban J connectivity index is 4.54. The third-order valence-electron chi connectivity index (χ3n) is 7.56. The Morgan fingerprint density at radius 1 is 0.565 bits per heavy atom. The number of hydrogen-bond acceptors (Lipinski definition) is 8. The van der Waals surface area contributed by atoms with Gasteiger partial charge in [-0.2, -0.15) is 0 Å². The molecule has 0 radical (unpaired) electrons. The van der Waals surface area contributed by atoms with Crippen molar-refractivity contribution < 1.29 is 33.4 Å². The van der Waals surface area contributed by atoms with Crippen LogP contribution in [0.2, 0.25) is 0 Å². The summed E-state index contributed by atoms with van der Waals surface area (Å²) >= 11 is 0. The number of rotatable bonds is 32. The highest BCUT2D eigenvalue weighted by atomic mass is 16.5. The summed E-state index contributed by atoms with van der Waals surface area (Å²) in [7, 11) is 3.93. The molecule has 0 aromatic rings. The Bertz CT molecular complexity index is 766. The van der Waals surface area contributed by atoms with E-state index in [1.54, 1.807) is 4.90 Å². The van der Waals surface area contributed by atoms with E-state index in [4.69, 9.17) is 14.2 Å². The molecule has 0 fully saturated rings. The van der Waals surface area contributed by atoms with E-state index in [2.05, 4.69) is 19.2 Å². The Morgan fingerprint density at radius 2 is 1.04 bits per heavy atom. The molecule has 46 heavy (non-hydrogen) atoms. The number of nitrogens with one attached hydrogen (secondary N) is 1. The number of esters is 2. The first-order valence-corrected chi connectivity index (χ1v) is 18.1. The molecule has 10 nitrogen and oxygen atoms in total. The topological polar surface area (TPSA) is 114 Å². The largest absolute Gasteiger partial charge is 0.466 e. The summed E-state index contributed by atoms with van der Waals surface area (Å²) in [6.45, 7) is 7.70. The zero-order chi connectivity index (χ0) is 34.1. The first kappa shape index (κ1) is 43.5. The zero-order valence-electron chi connectivity index (χ0n) is 29.8. The van der Waals surface area contributed by atoms with Crippen molar-refractivity contribution in [1.82, 2.24) is 15.1 Å². The zero-order valence-corrected chi connectivity index (χ0v) is 29.8. The standard InChI is InChI=1S/C36H67N3O7/c1-5-7-9-11-13-15-17-21-35(42)45-29-19-26-39(27-20-30-46-36(43)22-18-16-14-12-10-8-6-2)34(41)24-23-33(40)37-25-31-44-32-28-38(3)4/h23-24H,5-22,25-32H2,1-4H3,(H,37,40). The molecule has 0 bridgehead atoms. The molecule has 0 spiro atoms. The molecular formula is C36H67N3O7. The average Bonchev–Trinajstić information content (AvgIpc) is 3.03. The highest BCUT2D eigenvalue weighted by Gasteiger charge is 2.13. The van der Waals surface area contributed by atoms with E-state index in [-0.39, 0.29) is 37.0 Å². The predicted molar refractivity (Wildman–Crippen MR) is 184 cm³/mol. The van der Waals surface area contributed by atoms with Crippen LogP contribution in [0.25, 0.3) is 0 Å². The van der Waals surface area contributed by atoms with Crippen LogP contribution in [0.1, 0.15) is 129 Å². The molecule has 0 unspecified atom stereocenters. The average molecular weight is 654 g/mol. The lowest BCUT2D eigenvalue weighted by Crippen LogP contribution is -2.33. The summed E-state index contributed by atoms with van der Waals surface area (Å²) < 4.78 is 16.2. The Labute approximate surface area is 280 Å². The van der Waals surface area contributed by atoms with Gasteiger partial charge in [-0.25, -0.2) is 0 Å². The van der Waals surface area contributed by atoms with E-state index < -0.39 is 0 Å². The van der Waals surface area contributed by atoms with Gasteiger partial charge in [0.25, 0.3) is 0 Å². The third-order valence-corrected chi connectivity index (χ3v) is 7.56. The van der Waals surface area contributed by atoms with Gasteiger partial charge >= 0.3 is 11.9 Å². The fraction of sp³-hybridized carbons (Fsp3) is 0.833. The third kappa shape index (κ3) is 30.2. The van der Waals surface area contributed by atoms with Crippen molar-refractivity contribution in [3.63, 3.8) is 0 Å². The van der Waals surface area contributed by atoms with Crippen molar-refractivity contribution in [3.05, 3.63) is 12.2 Å². The van der Waals surface area contributed by atoms with E-state index in [1.807, 2.05) is 19.0 Å². The molecule has 0 aliphatic carbocycles. The van der Waals surface area contributed by atoms with Crippen molar-refractivity contribution in [2.45, 2.75) is 129 Å². The molecule has 1 N–H and O–H groups in total. The van der Waals surface area contributed by atoms with Gasteiger partial charge < -0.3 is 29.3 Å². The number of carbonyl (C=O) groups excluding carboxylic acids is 4. The molecule has 0 heterocycles. The fourth-order valence-electron chi connectivity index (χ4n) is 4.72. The highest BCUT2D eigenvalue weighted by molar-refractivity contribution is 5.96. The fourth-order valence-corrected chi connectivity index (χ4v) is 4.72. The lowest BCUT2D eigenvalue weighted by Gasteiger charge is -2.21. The Morgan fingerprint density at radius 3 is 1.52 bits per heavy atom. The minimum absolute atomic E-state index is 0.207. The number of ether oxygens (including phenoxy) is 3. The summed E-state index contributed by atoms with van der Waals surface area (Å²) in [5.41, 5.74) is 0. The first-order chi connectivity index (χ1) is 22.3. The first-order valence-electron chi connectivity index (χ1n) is 18.1. The summed E-state index contributed by atoms with van der Waals surface area (Å²) in [5.74, 6) is -1.10. The summed E-state index contributed by atoms with van der Waals surface area (Å²) in [6.07, 6.45) is 20.2. The second-order valence-corrected chi connectivity index (χ2v) is 12.3. The van der Waals surface area contributed by atoms with Crippen LogP contribution in [0.5, 0.6) is 0 Å². The Hall–Kier alpha value is -2.46. The van der Waals surface area contributed by atoms with E-state index in [0.29, 0.717) is 58.5 Å². The van der Waals surface area contributed by atoms with Crippen molar-refractivity contribution in [1.29, 1.82) is 0 Å². The van der Waals surface area contributed by atoms with Crippen LogP contribution in [-0.4, -0.2) is 100 Å². The molecule has 268 valence electrons. The summed E-state index contributed by atoms with van der Waals surface area (Å²) in [5, 5.41) is 2.71. The maximum absolute atomic E-state index is 12.9. The maximum atomic E-state index is 12.9. The molecule has 0 atom stereocenters. The molecule has 0 rings (SSSR count). The molecule has 0 aliphatic rings. The van der Waals surface area contributed by atoms with Crippen molar-refractivity contribution in [2.24, 2.45) is 0 Å². The second-order valence-electron chi connectivity index (χ2n) is 12.3. The van der Waals surface area contributed by atoms with Gasteiger partial charge in [0, 0.05) is 51.2 Å². The highest BCUT2D eigenvalue weighted by Crippen LogP contribution is 2.10. The van der Waals surface area contributed by atoms with Crippen LogP contribution >= 0.6 is 0 Å². The van der Waals surface area contributed by atoms with Crippen molar-refractivity contribution >= 4 is 23.8 Å². The van der Waals surface area contributed by atoms with Crippen molar-refractivity contribution in [2.75, 3.05) is 66.7 Å². The lowest BCUT2D eigenvalue weighted by molar-refractivity contribution is -0.144.